The number of fused-ring (bicyclic) bond motifs is 1. The molecule has 5 heteroatoms. The highest BCUT2D eigenvalue weighted by Crippen LogP contribution is 2.27. The van der Waals surface area contributed by atoms with Gasteiger partial charge in [0.1, 0.15) is 12.4 Å². The number of anilines is 1. The molecule has 0 unspecified atom stereocenters. The number of nitrogens with one attached hydrogen (secondary N) is 1. The van der Waals surface area contributed by atoms with Crippen LogP contribution < -0.4 is 5.32 Å². The second kappa shape index (κ2) is 3.67. The third-order valence-electron chi connectivity index (χ3n) is 1.89. The van der Waals surface area contributed by atoms with Gasteiger partial charge in [-0.2, -0.15) is 0 Å². The summed E-state index contributed by atoms with van der Waals surface area (Å²) in [6.07, 6.45) is 0. The second-order valence-corrected chi connectivity index (χ2v) is 3.88. The van der Waals surface area contributed by atoms with Crippen LogP contribution in [0.3, 0.4) is 0 Å². The van der Waals surface area contributed by atoms with Crippen LogP contribution in [0.15, 0.2) is 16.6 Å². The van der Waals surface area contributed by atoms with Crippen LogP contribution in [0.25, 0.3) is 0 Å². The number of carbonyl (C=O) groups is 1. The van der Waals surface area contributed by atoms with E-state index in [1.165, 1.54) is 6.07 Å². The molecule has 0 spiro atoms. The van der Waals surface area contributed by atoms with Crippen molar-refractivity contribution in [3.63, 3.8) is 0 Å². The Morgan fingerprint density at radius 2 is 2.21 bits per heavy atom. The first-order chi connectivity index (χ1) is 6.66. The smallest absolute Gasteiger partial charge is 0.250 e. The summed E-state index contributed by atoms with van der Waals surface area (Å²) in [7, 11) is 0. The first kappa shape index (κ1) is 9.61. The van der Waals surface area contributed by atoms with Crippen molar-refractivity contribution in [1.29, 1.82) is 0 Å². The Bertz CT molecular complexity index is 395. The summed E-state index contributed by atoms with van der Waals surface area (Å²) in [6, 6.07) is 3.04. The molecule has 2 rings (SSSR count). The molecular formula is C9H7BrFNO2. The van der Waals surface area contributed by atoms with Crippen molar-refractivity contribution in [2.24, 2.45) is 0 Å². The molecule has 0 saturated heterocycles. The Hall–Kier alpha value is -0.940. The Morgan fingerprint density at radius 1 is 1.43 bits per heavy atom. The van der Waals surface area contributed by atoms with E-state index < -0.39 is 5.82 Å². The maximum absolute atomic E-state index is 13.4. The van der Waals surface area contributed by atoms with E-state index in [4.69, 9.17) is 4.74 Å². The Balaban J connectivity index is 2.50. The third-order valence-corrected chi connectivity index (χ3v) is 2.35. The number of benzene rings is 1. The van der Waals surface area contributed by atoms with Crippen LogP contribution >= 0.6 is 15.9 Å². The number of carbonyl (C=O) groups excluding carboxylic acids is 1. The standard InChI is InChI=1S/C9H7BrFNO2/c10-6-1-5-3-14-4-8(13)12-9(5)7(11)2-6/h1-2H,3-4H2,(H,12,13). The fourth-order valence-electron chi connectivity index (χ4n) is 1.31. The number of ether oxygens (including phenoxy) is 1. The molecule has 0 radical (unpaired) electrons. The average molecular weight is 260 g/mol. The monoisotopic (exact) mass is 259 g/mol. The van der Waals surface area contributed by atoms with Crippen LogP contribution in [0.5, 0.6) is 0 Å². The molecule has 3 nitrogen and oxygen atoms in total. The summed E-state index contributed by atoms with van der Waals surface area (Å²) in [5, 5.41) is 2.46. The molecule has 1 amide bonds. The fraction of sp³-hybridized carbons (Fsp3) is 0.222. The van der Waals surface area contributed by atoms with Crippen LogP contribution in [-0.2, 0) is 16.1 Å². The predicted molar refractivity (Wildman–Crippen MR) is 52.4 cm³/mol. The van der Waals surface area contributed by atoms with Gasteiger partial charge in [-0.15, -0.1) is 0 Å². The highest BCUT2D eigenvalue weighted by atomic mass is 79.9. The molecule has 1 aromatic carbocycles. The maximum Gasteiger partial charge on any atom is 0.250 e. The van der Waals surface area contributed by atoms with Gasteiger partial charge in [0.15, 0.2) is 0 Å². The third kappa shape index (κ3) is 1.78. The van der Waals surface area contributed by atoms with E-state index >= 15 is 0 Å². The molecule has 14 heavy (non-hydrogen) atoms. The van der Waals surface area contributed by atoms with Crippen LogP contribution in [0.1, 0.15) is 5.56 Å². The zero-order valence-corrected chi connectivity index (χ0v) is 8.73. The Kier molecular flexibility index (Phi) is 2.52. The molecule has 1 aromatic rings. The quantitative estimate of drug-likeness (QED) is 0.775. The lowest BCUT2D eigenvalue weighted by atomic mass is 10.2. The van der Waals surface area contributed by atoms with Gasteiger partial charge in [0.25, 0.3) is 0 Å². The zero-order chi connectivity index (χ0) is 10.1. The van der Waals surface area contributed by atoms with Crippen molar-refractivity contribution in [3.05, 3.63) is 28.0 Å². The molecule has 1 heterocycles. The van der Waals surface area contributed by atoms with Gasteiger partial charge in [-0.1, -0.05) is 15.9 Å². The van der Waals surface area contributed by atoms with E-state index in [0.717, 1.165) is 0 Å². The molecule has 74 valence electrons. The van der Waals surface area contributed by atoms with Gasteiger partial charge in [-0.3, -0.25) is 4.79 Å². The normalized spacial score (nSPS) is 15.7. The maximum atomic E-state index is 13.4. The van der Waals surface area contributed by atoms with Crippen LogP contribution in [0, 0.1) is 5.82 Å². The van der Waals surface area contributed by atoms with Crippen LogP contribution in [0.4, 0.5) is 10.1 Å². The van der Waals surface area contributed by atoms with E-state index in [0.29, 0.717) is 10.0 Å². The predicted octanol–water partition coefficient (Wildman–Crippen LogP) is 2.06. The lowest BCUT2D eigenvalue weighted by Crippen LogP contribution is -2.15. The number of hydrogen-bond donors (Lipinski definition) is 1. The largest absolute Gasteiger partial charge is 0.367 e. The van der Waals surface area contributed by atoms with Crippen molar-refractivity contribution in [2.75, 3.05) is 11.9 Å². The Morgan fingerprint density at radius 3 is 3.00 bits per heavy atom. The number of amides is 1. The summed E-state index contributed by atoms with van der Waals surface area (Å²) in [6.45, 7) is 0.205. The summed E-state index contributed by atoms with van der Waals surface area (Å²) >= 11 is 3.17. The zero-order valence-electron chi connectivity index (χ0n) is 7.14. The molecule has 0 aliphatic carbocycles. The number of hydrogen-bond acceptors (Lipinski definition) is 2. The summed E-state index contributed by atoms with van der Waals surface area (Å²) in [4.78, 5) is 11.1. The SMILES string of the molecule is O=C1COCc2cc(Br)cc(F)c2N1. The summed E-state index contributed by atoms with van der Waals surface area (Å²) < 4.78 is 19.1. The van der Waals surface area contributed by atoms with Crippen LogP contribution in [-0.4, -0.2) is 12.5 Å². The van der Waals surface area contributed by atoms with E-state index in [2.05, 4.69) is 21.2 Å². The fourth-order valence-corrected chi connectivity index (χ4v) is 1.79. The molecule has 1 aliphatic heterocycles. The molecule has 0 saturated carbocycles. The van der Waals surface area contributed by atoms with Gasteiger partial charge in [0, 0.05) is 10.0 Å². The van der Waals surface area contributed by atoms with Crippen molar-refractivity contribution in [1.82, 2.24) is 0 Å². The number of halogens is 2. The molecule has 1 aliphatic rings. The highest BCUT2D eigenvalue weighted by molar-refractivity contribution is 9.10. The minimum atomic E-state index is -0.451. The van der Waals surface area contributed by atoms with Gasteiger partial charge in [-0.05, 0) is 12.1 Å². The van der Waals surface area contributed by atoms with Gasteiger partial charge in [-0.25, -0.2) is 4.39 Å². The van der Waals surface area contributed by atoms with Crippen molar-refractivity contribution in [2.45, 2.75) is 6.61 Å². The average Bonchev–Trinajstić information content (AvgIpc) is 2.27. The topological polar surface area (TPSA) is 38.3 Å². The molecule has 0 atom stereocenters. The van der Waals surface area contributed by atoms with E-state index in [-0.39, 0.29) is 24.8 Å². The molecule has 0 bridgehead atoms. The molecular weight excluding hydrogens is 253 g/mol. The minimum Gasteiger partial charge on any atom is -0.367 e. The second-order valence-electron chi connectivity index (χ2n) is 2.96. The van der Waals surface area contributed by atoms with Gasteiger partial charge < -0.3 is 10.1 Å². The highest BCUT2D eigenvalue weighted by Gasteiger charge is 2.17. The van der Waals surface area contributed by atoms with E-state index in [1.54, 1.807) is 6.07 Å². The Labute approximate surface area is 88.4 Å². The van der Waals surface area contributed by atoms with Gasteiger partial charge in [0.05, 0.1) is 12.3 Å². The summed E-state index contributed by atoms with van der Waals surface area (Å²) in [5.74, 6) is -0.779. The van der Waals surface area contributed by atoms with Crippen molar-refractivity contribution < 1.29 is 13.9 Å². The lowest BCUT2D eigenvalue weighted by Gasteiger charge is -2.07. The van der Waals surface area contributed by atoms with Gasteiger partial charge >= 0.3 is 0 Å². The van der Waals surface area contributed by atoms with Crippen molar-refractivity contribution >= 4 is 27.5 Å². The van der Waals surface area contributed by atoms with Crippen molar-refractivity contribution in [3.8, 4) is 0 Å². The van der Waals surface area contributed by atoms with E-state index in [9.17, 15) is 9.18 Å². The molecule has 0 aromatic heterocycles. The van der Waals surface area contributed by atoms with Crippen LogP contribution in [0.2, 0.25) is 0 Å². The molecule has 0 fully saturated rings. The first-order valence-corrected chi connectivity index (χ1v) is 4.81. The molecule has 1 N–H and O–H groups in total. The van der Waals surface area contributed by atoms with Gasteiger partial charge in [0.2, 0.25) is 5.91 Å². The van der Waals surface area contributed by atoms with E-state index in [1.807, 2.05) is 0 Å². The first-order valence-electron chi connectivity index (χ1n) is 4.02. The summed E-state index contributed by atoms with van der Waals surface area (Å²) in [5.41, 5.74) is 0.860. The lowest BCUT2D eigenvalue weighted by molar-refractivity contribution is -0.120. The number of rotatable bonds is 0. The minimum absolute atomic E-state index is 0.0360.